The average Bonchev–Trinajstić information content (AvgIpc) is 2.30. The van der Waals surface area contributed by atoms with E-state index in [1.807, 2.05) is 27.0 Å². The fourth-order valence-corrected chi connectivity index (χ4v) is 1.43. The van der Waals surface area contributed by atoms with Gasteiger partial charge in [-0.2, -0.15) is 0 Å². The number of nitrogens with one attached hydrogen (secondary N) is 2. The molecule has 0 aliphatic rings. The molecule has 0 atom stereocenters. The van der Waals surface area contributed by atoms with Crippen LogP contribution in [0.1, 0.15) is 20.3 Å². The van der Waals surface area contributed by atoms with Gasteiger partial charge in [-0.25, -0.2) is 0 Å². The Balaban J connectivity index is 0. The van der Waals surface area contributed by atoms with Gasteiger partial charge in [0.25, 0.3) is 0 Å². The molecular weight excluding hydrogens is 204 g/mol. The summed E-state index contributed by atoms with van der Waals surface area (Å²) < 4.78 is 3.19. The van der Waals surface area contributed by atoms with Crippen LogP contribution in [0.3, 0.4) is 0 Å². The third kappa shape index (κ3) is 13.3. The Morgan fingerprint density at radius 3 is 2.47 bits per heavy atom. The van der Waals surface area contributed by atoms with Crippen molar-refractivity contribution in [2.75, 3.05) is 19.3 Å². The molecule has 0 heterocycles. The van der Waals surface area contributed by atoms with Crippen molar-refractivity contribution in [2.45, 2.75) is 20.3 Å². The smallest absolute Gasteiger partial charge is 0.0433 e. The quantitative estimate of drug-likeness (QED) is 0.379. The first-order valence-electron chi connectivity index (χ1n) is 5.32. The highest BCUT2D eigenvalue weighted by Gasteiger charge is 1.89. The zero-order valence-electron chi connectivity index (χ0n) is 10.2. The summed E-state index contributed by atoms with van der Waals surface area (Å²) in [6.07, 6.45) is 6.59. The van der Waals surface area contributed by atoms with E-state index in [1.165, 1.54) is 0 Å². The van der Waals surface area contributed by atoms with E-state index in [0.29, 0.717) is 0 Å². The summed E-state index contributed by atoms with van der Waals surface area (Å²) in [5, 5.41) is 3.10. The van der Waals surface area contributed by atoms with E-state index in [0.717, 1.165) is 24.4 Å². The van der Waals surface area contributed by atoms with E-state index in [4.69, 9.17) is 0 Å². The molecular formula is C12H24N2S. The predicted octanol–water partition coefficient (Wildman–Crippen LogP) is 3.12. The standard InChI is InChI=1S/C10H18N2S.C2H6/c1-4-7-10(5-2)12-13-9-6-8-11-3;1-2/h4-5,7,11-12H,1-2,6,8-9H2,3H3;1-2H3/b10-7+;. The Bertz CT molecular complexity index is 176. The highest BCUT2D eigenvalue weighted by Crippen LogP contribution is 2.02. The molecule has 0 fully saturated rings. The number of rotatable bonds is 8. The zero-order chi connectivity index (χ0) is 11.9. The molecule has 15 heavy (non-hydrogen) atoms. The molecule has 0 bridgehead atoms. The first-order chi connectivity index (χ1) is 7.35. The van der Waals surface area contributed by atoms with Crippen molar-refractivity contribution in [2.24, 2.45) is 0 Å². The van der Waals surface area contributed by atoms with Gasteiger partial charge >= 0.3 is 0 Å². The zero-order valence-corrected chi connectivity index (χ0v) is 11.0. The first kappa shape index (κ1) is 16.7. The molecule has 0 aromatic heterocycles. The molecule has 0 aliphatic carbocycles. The molecule has 0 amide bonds. The Hall–Kier alpha value is -0.670. The van der Waals surface area contributed by atoms with Crippen LogP contribution >= 0.6 is 11.9 Å². The predicted molar refractivity (Wildman–Crippen MR) is 74.0 cm³/mol. The monoisotopic (exact) mass is 228 g/mol. The number of hydrogen-bond donors (Lipinski definition) is 2. The molecule has 3 heteroatoms. The van der Waals surface area contributed by atoms with Gasteiger partial charge in [0.05, 0.1) is 0 Å². The molecule has 88 valence electrons. The minimum absolute atomic E-state index is 1.00. The lowest BCUT2D eigenvalue weighted by Crippen LogP contribution is -2.10. The van der Waals surface area contributed by atoms with Crippen LogP contribution < -0.4 is 10.0 Å². The summed E-state index contributed by atoms with van der Waals surface area (Å²) >= 11 is 1.69. The second kappa shape index (κ2) is 15.8. The normalized spacial score (nSPS) is 9.93. The fourth-order valence-electron chi connectivity index (χ4n) is 0.726. The van der Waals surface area contributed by atoms with Gasteiger partial charge in [0.2, 0.25) is 0 Å². The molecule has 0 aliphatic heterocycles. The van der Waals surface area contributed by atoms with Crippen LogP contribution in [0.4, 0.5) is 0 Å². The highest BCUT2D eigenvalue weighted by atomic mass is 32.2. The number of allylic oxidation sites excluding steroid dienone is 3. The van der Waals surface area contributed by atoms with Crippen LogP contribution in [-0.4, -0.2) is 19.3 Å². The van der Waals surface area contributed by atoms with Gasteiger partial charge in [0.1, 0.15) is 0 Å². The molecule has 2 N–H and O–H groups in total. The van der Waals surface area contributed by atoms with E-state index in [9.17, 15) is 0 Å². The molecule has 0 unspecified atom stereocenters. The lowest BCUT2D eigenvalue weighted by atomic mass is 10.4. The van der Waals surface area contributed by atoms with Gasteiger partial charge < -0.3 is 10.0 Å². The SMILES string of the molecule is C=C/C=C(\C=C)NSCCCNC.CC. The van der Waals surface area contributed by atoms with Crippen molar-refractivity contribution in [1.29, 1.82) is 0 Å². The molecule has 0 saturated carbocycles. The molecule has 0 aromatic rings. The van der Waals surface area contributed by atoms with Crippen molar-refractivity contribution in [1.82, 2.24) is 10.0 Å². The molecule has 0 radical (unpaired) electrons. The van der Waals surface area contributed by atoms with Crippen molar-refractivity contribution in [3.63, 3.8) is 0 Å². The lowest BCUT2D eigenvalue weighted by Gasteiger charge is -2.04. The maximum Gasteiger partial charge on any atom is 0.0433 e. The molecule has 0 saturated heterocycles. The maximum atomic E-state index is 3.69. The van der Waals surface area contributed by atoms with E-state index < -0.39 is 0 Å². The van der Waals surface area contributed by atoms with Crippen molar-refractivity contribution in [3.05, 3.63) is 37.1 Å². The van der Waals surface area contributed by atoms with Gasteiger partial charge in [0.15, 0.2) is 0 Å². The van der Waals surface area contributed by atoms with E-state index in [2.05, 4.69) is 23.2 Å². The Labute approximate surface area is 99.0 Å². The summed E-state index contributed by atoms with van der Waals surface area (Å²) in [5.41, 5.74) is 1.00. The summed E-state index contributed by atoms with van der Waals surface area (Å²) in [6.45, 7) is 12.4. The van der Waals surface area contributed by atoms with Crippen LogP contribution in [0.5, 0.6) is 0 Å². The van der Waals surface area contributed by atoms with E-state index >= 15 is 0 Å². The average molecular weight is 228 g/mol. The second-order valence-electron chi connectivity index (χ2n) is 2.47. The second-order valence-corrected chi connectivity index (χ2v) is 3.37. The van der Waals surface area contributed by atoms with Crippen LogP contribution in [0.2, 0.25) is 0 Å². The van der Waals surface area contributed by atoms with Crippen molar-refractivity contribution >= 4 is 11.9 Å². The van der Waals surface area contributed by atoms with Crippen molar-refractivity contribution in [3.8, 4) is 0 Å². The summed E-state index contributed by atoms with van der Waals surface area (Å²) in [6, 6.07) is 0. The first-order valence-corrected chi connectivity index (χ1v) is 6.31. The van der Waals surface area contributed by atoms with Gasteiger partial charge in [-0.1, -0.05) is 45.0 Å². The van der Waals surface area contributed by atoms with Crippen molar-refractivity contribution < 1.29 is 0 Å². The van der Waals surface area contributed by atoms with Crippen LogP contribution in [-0.2, 0) is 0 Å². The van der Waals surface area contributed by atoms with Crippen LogP contribution in [0.25, 0.3) is 0 Å². The van der Waals surface area contributed by atoms with E-state index in [-0.39, 0.29) is 0 Å². The summed E-state index contributed by atoms with van der Waals surface area (Å²) in [4.78, 5) is 0. The minimum atomic E-state index is 1.00. The van der Waals surface area contributed by atoms with Gasteiger partial charge in [0, 0.05) is 11.4 Å². The molecule has 0 spiro atoms. The van der Waals surface area contributed by atoms with Gasteiger partial charge in [-0.3, -0.25) is 0 Å². The van der Waals surface area contributed by atoms with Crippen LogP contribution in [0, 0.1) is 0 Å². The maximum absolute atomic E-state index is 3.69. The van der Waals surface area contributed by atoms with E-state index in [1.54, 1.807) is 24.1 Å². The molecule has 0 aromatic carbocycles. The Morgan fingerprint density at radius 2 is 2.00 bits per heavy atom. The molecule has 0 rings (SSSR count). The Kier molecular flexibility index (Phi) is 17.6. The topological polar surface area (TPSA) is 24.1 Å². The fraction of sp³-hybridized carbons (Fsp3) is 0.500. The third-order valence-electron chi connectivity index (χ3n) is 1.38. The van der Waals surface area contributed by atoms with Gasteiger partial charge in [-0.15, -0.1) is 0 Å². The van der Waals surface area contributed by atoms with Crippen LogP contribution in [0.15, 0.2) is 37.1 Å². The Morgan fingerprint density at radius 1 is 1.33 bits per heavy atom. The summed E-state index contributed by atoms with van der Waals surface area (Å²) in [5.74, 6) is 1.09. The minimum Gasteiger partial charge on any atom is -0.330 e. The van der Waals surface area contributed by atoms with Gasteiger partial charge in [-0.05, 0) is 32.2 Å². The summed E-state index contributed by atoms with van der Waals surface area (Å²) in [7, 11) is 1.96. The number of hydrogen-bond acceptors (Lipinski definition) is 3. The highest BCUT2D eigenvalue weighted by molar-refractivity contribution is 7.97. The third-order valence-corrected chi connectivity index (χ3v) is 2.25. The lowest BCUT2D eigenvalue weighted by molar-refractivity contribution is 0.777. The largest absolute Gasteiger partial charge is 0.330 e. The molecule has 2 nitrogen and oxygen atoms in total.